The van der Waals surface area contributed by atoms with Crippen molar-refractivity contribution in [2.75, 3.05) is 7.05 Å². The zero-order valence-corrected chi connectivity index (χ0v) is 20.5. The van der Waals surface area contributed by atoms with E-state index >= 15 is 0 Å². The van der Waals surface area contributed by atoms with E-state index in [9.17, 15) is 9.59 Å². The first-order valence-corrected chi connectivity index (χ1v) is 12.0. The van der Waals surface area contributed by atoms with Crippen LogP contribution in [0.4, 0.5) is 0 Å². The number of H-pyrrole nitrogens is 1. The summed E-state index contributed by atoms with van der Waals surface area (Å²) >= 11 is 0. The van der Waals surface area contributed by atoms with Crippen LogP contribution in [-0.4, -0.2) is 53.6 Å². The van der Waals surface area contributed by atoms with Crippen molar-refractivity contribution in [1.29, 1.82) is 0 Å². The Kier molecular flexibility index (Phi) is 8.22. The third-order valence-electron chi connectivity index (χ3n) is 5.92. The number of aryl methyl sites for hydroxylation is 1. The van der Waals surface area contributed by atoms with Crippen molar-refractivity contribution >= 4 is 11.8 Å². The molecular formula is C25H31N9O2. The molecule has 188 valence electrons. The molecule has 0 bridgehead atoms. The van der Waals surface area contributed by atoms with Gasteiger partial charge in [0.05, 0.1) is 29.8 Å². The number of nitrogens with zero attached hydrogens (tertiary/aromatic N) is 6. The molecule has 11 heteroatoms. The molecule has 4 aromatic rings. The molecule has 1 aromatic carbocycles. The molecule has 1 atom stereocenters. The first kappa shape index (κ1) is 24.8. The summed E-state index contributed by atoms with van der Waals surface area (Å²) in [4.78, 5) is 32.1. The number of imidazole rings is 1. The van der Waals surface area contributed by atoms with Gasteiger partial charge in [-0.15, -0.1) is 5.10 Å². The zero-order chi connectivity index (χ0) is 25.3. The highest BCUT2D eigenvalue weighted by atomic mass is 16.2. The minimum atomic E-state index is -0.289. The van der Waals surface area contributed by atoms with Gasteiger partial charge in [0.1, 0.15) is 12.4 Å². The van der Waals surface area contributed by atoms with Crippen molar-refractivity contribution in [1.82, 2.24) is 45.4 Å². The van der Waals surface area contributed by atoms with Crippen molar-refractivity contribution in [2.24, 2.45) is 7.05 Å². The van der Waals surface area contributed by atoms with E-state index < -0.39 is 0 Å². The lowest BCUT2D eigenvalue weighted by Gasteiger charge is -2.17. The first-order valence-electron chi connectivity index (χ1n) is 12.0. The van der Waals surface area contributed by atoms with Gasteiger partial charge in [-0.05, 0) is 24.5 Å². The average molecular weight is 490 g/mol. The van der Waals surface area contributed by atoms with Crippen LogP contribution >= 0.6 is 0 Å². The molecule has 2 amide bonds. The van der Waals surface area contributed by atoms with E-state index in [2.05, 4.69) is 36.0 Å². The number of aromatic nitrogens is 7. The summed E-state index contributed by atoms with van der Waals surface area (Å²) in [6.07, 6.45) is 10.6. The minimum Gasteiger partial charge on any atom is -0.359 e. The average Bonchev–Trinajstić information content (AvgIpc) is 3.65. The lowest BCUT2D eigenvalue weighted by Crippen LogP contribution is -2.32. The lowest BCUT2D eigenvalue weighted by atomic mass is 10.1. The molecule has 0 aliphatic carbocycles. The number of benzene rings is 1. The number of nitrogens with one attached hydrogen (secondary N) is 3. The van der Waals surface area contributed by atoms with Gasteiger partial charge in [-0.2, -0.15) is 5.10 Å². The van der Waals surface area contributed by atoms with Gasteiger partial charge in [0, 0.05) is 38.5 Å². The van der Waals surface area contributed by atoms with Crippen LogP contribution in [0.5, 0.6) is 0 Å². The molecule has 0 aliphatic heterocycles. The summed E-state index contributed by atoms with van der Waals surface area (Å²) in [5, 5.41) is 17.8. The fourth-order valence-electron chi connectivity index (χ4n) is 3.97. The predicted octanol–water partition coefficient (Wildman–Crippen LogP) is 2.62. The molecular weight excluding hydrogens is 458 g/mol. The van der Waals surface area contributed by atoms with Gasteiger partial charge in [-0.1, -0.05) is 42.3 Å². The zero-order valence-electron chi connectivity index (χ0n) is 20.5. The second-order valence-corrected chi connectivity index (χ2v) is 8.63. The first-order chi connectivity index (χ1) is 17.5. The van der Waals surface area contributed by atoms with Gasteiger partial charge < -0.3 is 15.6 Å². The smallest absolute Gasteiger partial charge is 0.242 e. The Balaban J connectivity index is 1.43. The van der Waals surface area contributed by atoms with Gasteiger partial charge in [0.15, 0.2) is 0 Å². The van der Waals surface area contributed by atoms with Gasteiger partial charge in [-0.3, -0.25) is 14.3 Å². The number of unbranched alkanes of at least 4 members (excludes halogenated alkanes) is 2. The molecule has 11 nitrogen and oxygen atoms in total. The Bertz CT molecular complexity index is 1260. The number of amides is 2. The normalized spacial score (nSPS) is 11.8. The number of carbonyl (C=O) groups excluding carboxylic acids is 2. The predicted molar refractivity (Wildman–Crippen MR) is 134 cm³/mol. The number of hydrogen-bond acceptors (Lipinski definition) is 6. The van der Waals surface area contributed by atoms with Gasteiger partial charge >= 0.3 is 0 Å². The van der Waals surface area contributed by atoms with E-state index in [4.69, 9.17) is 0 Å². The van der Waals surface area contributed by atoms with Crippen molar-refractivity contribution in [2.45, 2.75) is 44.7 Å². The molecule has 0 spiro atoms. The van der Waals surface area contributed by atoms with Crippen LogP contribution in [0.2, 0.25) is 0 Å². The SMILES string of the molecule is CNC(=O)CCCCC[C@H](NC(=O)Cn1ccnn1)c1ncc(-c2ccc(-c3ccn(C)n3)cc2)[nH]1. The summed E-state index contributed by atoms with van der Waals surface area (Å²) < 4.78 is 3.26. The molecule has 4 rings (SSSR count). The molecule has 0 radical (unpaired) electrons. The van der Waals surface area contributed by atoms with E-state index in [0.717, 1.165) is 41.8 Å². The summed E-state index contributed by atoms with van der Waals surface area (Å²) in [5.74, 6) is 0.558. The summed E-state index contributed by atoms with van der Waals surface area (Å²) in [7, 11) is 3.54. The highest BCUT2D eigenvalue weighted by Crippen LogP contribution is 2.25. The van der Waals surface area contributed by atoms with E-state index in [0.29, 0.717) is 18.7 Å². The maximum atomic E-state index is 12.7. The quantitative estimate of drug-likeness (QED) is 0.262. The Labute approximate surface area is 209 Å². The Morgan fingerprint density at radius 1 is 1.03 bits per heavy atom. The minimum absolute atomic E-state index is 0.0393. The maximum Gasteiger partial charge on any atom is 0.242 e. The van der Waals surface area contributed by atoms with Gasteiger partial charge in [-0.25, -0.2) is 9.67 Å². The fraction of sp³-hybridized carbons (Fsp3) is 0.360. The Morgan fingerprint density at radius 2 is 1.83 bits per heavy atom. The van der Waals surface area contributed by atoms with Gasteiger partial charge in [0.2, 0.25) is 11.8 Å². The van der Waals surface area contributed by atoms with Crippen LogP contribution in [0.3, 0.4) is 0 Å². The number of aromatic amines is 1. The number of hydrogen-bond donors (Lipinski definition) is 3. The maximum absolute atomic E-state index is 12.7. The van der Waals surface area contributed by atoms with Crippen LogP contribution in [0.25, 0.3) is 22.5 Å². The van der Waals surface area contributed by atoms with Crippen molar-refractivity contribution < 1.29 is 9.59 Å². The van der Waals surface area contributed by atoms with Crippen molar-refractivity contribution in [3.8, 4) is 22.5 Å². The van der Waals surface area contributed by atoms with E-state index in [1.165, 1.54) is 10.9 Å². The molecule has 0 saturated heterocycles. The van der Waals surface area contributed by atoms with Crippen LogP contribution in [0, 0.1) is 0 Å². The van der Waals surface area contributed by atoms with Crippen LogP contribution < -0.4 is 10.6 Å². The second-order valence-electron chi connectivity index (χ2n) is 8.63. The largest absolute Gasteiger partial charge is 0.359 e. The highest BCUT2D eigenvalue weighted by Gasteiger charge is 2.19. The molecule has 36 heavy (non-hydrogen) atoms. The second kappa shape index (κ2) is 11.9. The lowest BCUT2D eigenvalue weighted by molar-refractivity contribution is -0.123. The molecule has 0 aliphatic rings. The molecule has 3 heterocycles. The van der Waals surface area contributed by atoms with Crippen molar-refractivity contribution in [3.05, 3.63) is 60.9 Å². The van der Waals surface area contributed by atoms with Crippen molar-refractivity contribution in [3.63, 3.8) is 0 Å². The van der Waals surface area contributed by atoms with Crippen LogP contribution in [-0.2, 0) is 23.2 Å². The van der Waals surface area contributed by atoms with E-state index in [1.807, 2.05) is 43.6 Å². The highest BCUT2D eigenvalue weighted by molar-refractivity contribution is 5.76. The summed E-state index contributed by atoms with van der Waals surface area (Å²) in [5.41, 5.74) is 3.81. The fourth-order valence-corrected chi connectivity index (χ4v) is 3.97. The van der Waals surface area contributed by atoms with Gasteiger partial charge in [0.25, 0.3) is 0 Å². The monoisotopic (exact) mass is 489 g/mol. The van der Waals surface area contributed by atoms with E-state index in [1.54, 1.807) is 24.1 Å². The third-order valence-corrected chi connectivity index (χ3v) is 5.92. The number of rotatable bonds is 12. The van der Waals surface area contributed by atoms with Crippen LogP contribution in [0.15, 0.2) is 55.1 Å². The molecule has 0 unspecified atom stereocenters. The standard InChI is InChI=1S/C25H31N9O2/c1-26-23(35)7-5-3-4-6-21(29-24(36)17-34-15-13-28-32-34)25-27-16-22(30-25)19-10-8-18(9-11-19)20-12-14-33(2)31-20/h8-16,21H,3-7,17H2,1-2H3,(H,26,35)(H,27,30)(H,29,36)/t21-/m0/s1. The molecule has 3 N–H and O–H groups in total. The van der Waals surface area contributed by atoms with E-state index in [-0.39, 0.29) is 24.4 Å². The molecule has 0 saturated carbocycles. The Hall–Kier alpha value is -4.28. The topological polar surface area (TPSA) is 135 Å². The summed E-state index contributed by atoms with van der Waals surface area (Å²) in [6.45, 7) is 0.0791. The van der Waals surface area contributed by atoms with Crippen LogP contribution in [0.1, 0.15) is 44.0 Å². The summed E-state index contributed by atoms with van der Waals surface area (Å²) in [6, 6.07) is 9.80. The Morgan fingerprint density at radius 3 is 2.53 bits per heavy atom. The number of carbonyl (C=O) groups is 2. The molecule has 0 fully saturated rings. The molecule has 3 aromatic heterocycles. The third kappa shape index (κ3) is 6.65.